The number of pyridine rings is 1. The van der Waals surface area contributed by atoms with Gasteiger partial charge in [0.25, 0.3) is 11.8 Å². The molecular formula is C26H21FN5O3SSi. The fraction of sp³-hybridized carbons (Fsp3) is 0.269. The molecule has 5 heterocycles. The lowest BCUT2D eigenvalue weighted by Gasteiger charge is -2.16. The second kappa shape index (κ2) is 9.31. The zero-order chi connectivity index (χ0) is 25.7. The zero-order valence-corrected chi connectivity index (χ0v) is 21.7. The number of carbonyl (C=O) groups excluding carboxylic acids is 2. The monoisotopic (exact) mass is 530 g/mol. The number of hydrogen-bond acceptors (Lipinski definition) is 7. The Morgan fingerprint density at radius 3 is 2.70 bits per heavy atom. The molecule has 3 aromatic heterocycles. The van der Waals surface area contributed by atoms with E-state index < -0.39 is 0 Å². The molecule has 2 amide bonds. The first-order valence-corrected chi connectivity index (χ1v) is 13.3. The molecule has 1 N–H and O–H groups in total. The van der Waals surface area contributed by atoms with Crippen LogP contribution in [0.25, 0.3) is 21.9 Å². The highest BCUT2D eigenvalue weighted by atomic mass is 32.1. The topological polar surface area (TPSA) is 101 Å². The van der Waals surface area contributed by atoms with Gasteiger partial charge in [0.15, 0.2) is 10.4 Å². The molecular weight excluding hydrogens is 509 g/mol. The van der Waals surface area contributed by atoms with Gasteiger partial charge in [-0.1, -0.05) is 12.1 Å². The smallest absolute Gasteiger partial charge is 0.257 e. The van der Waals surface area contributed by atoms with E-state index in [1.165, 1.54) is 23.5 Å². The van der Waals surface area contributed by atoms with Gasteiger partial charge in [-0.3, -0.25) is 14.6 Å². The van der Waals surface area contributed by atoms with Gasteiger partial charge < -0.3 is 14.3 Å². The number of halogens is 1. The average Bonchev–Trinajstić information content (AvgIpc) is 3.70. The van der Waals surface area contributed by atoms with Crippen LogP contribution in [-0.2, 0) is 12.8 Å². The molecule has 11 heteroatoms. The van der Waals surface area contributed by atoms with Crippen molar-refractivity contribution in [1.29, 1.82) is 0 Å². The third-order valence-electron chi connectivity index (χ3n) is 6.84. The van der Waals surface area contributed by atoms with Gasteiger partial charge in [0, 0.05) is 23.9 Å². The highest BCUT2D eigenvalue weighted by Gasteiger charge is 2.44. The summed E-state index contributed by atoms with van der Waals surface area (Å²) in [6.45, 7) is 2.39. The Morgan fingerprint density at radius 2 is 1.97 bits per heavy atom. The summed E-state index contributed by atoms with van der Waals surface area (Å²) in [4.78, 5) is 36.6. The first kappa shape index (κ1) is 23.7. The third kappa shape index (κ3) is 4.07. The molecule has 4 aromatic rings. The predicted molar refractivity (Wildman–Crippen MR) is 136 cm³/mol. The SMILES string of the molecule is Cc1nnc(-c2c(CCc3ccc(F)cc3)nc3c(c2-c2ccc(C(=O)N[Si])s2)C(=O)N2CCC[C@@H]32)o1. The number of aryl methyl sites for hydroxylation is 3. The van der Waals surface area contributed by atoms with Crippen molar-refractivity contribution in [2.75, 3.05) is 6.54 Å². The molecule has 37 heavy (non-hydrogen) atoms. The van der Waals surface area contributed by atoms with E-state index in [-0.39, 0.29) is 29.6 Å². The molecule has 185 valence electrons. The van der Waals surface area contributed by atoms with Crippen LogP contribution >= 0.6 is 11.3 Å². The Bertz CT molecular complexity index is 1530. The van der Waals surface area contributed by atoms with E-state index in [0.29, 0.717) is 46.8 Å². The van der Waals surface area contributed by atoms with Gasteiger partial charge >= 0.3 is 0 Å². The number of nitrogens with zero attached hydrogens (tertiary/aromatic N) is 4. The Balaban J connectivity index is 1.57. The van der Waals surface area contributed by atoms with E-state index in [2.05, 4.69) is 25.6 Å². The van der Waals surface area contributed by atoms with Crippen LogP contribution in [0.15, 0.2) is 40.8 Å². The lowest BCUT2D eigenvalue weighted by molar-refractivity contribution is 0.0776. The largest absolute Gasteiger partial charge is 0.421 e. The predicted octanol–water partition coefficient (Wildman–Crippen LogP) is 4.20. The average molecular weight is 531 g/mol. The van der Waals surface area contributed by atoms with E-state index >= 15 is 0 Å². The van der Waals surface area contributed by atoms with Crippen molar-refractivity contribution in [3.63, 3.8) is 0 Å². The van der Waals surface area contributed by atoms with Crippen molar-refractivity contribution < 1.29 is 18.4 Å². The molecule has 1 fully saturated rings. The van der Waals surface area contributed by atoms with Crippen LogP contribution in [0.1, 0.15) is 61.8 Å². The van der Waals surface area contributed by atoms with E-state index in [0.717, 1.165) is 34.7 Å². The summed E-state index contributed by atoms with van der Waals surface area (Å²) in [5.41, 5.74) is 4.24. The minimum atomic E-state index is -0.288. The number of hydrogen-bond donors (Lipinski definition) is 1. The van der Waals surface area contributed by atoms with Crippen molar-refractivity contribution in [1.82, 2.24) is 25.1 Å². The molecule has 0 aliphatic carbocycles. The molecule has 0 unspecified atom stereocenters. The molecule has 0 bridgehead atoms. The number of rotatable bonds is 6. The second-order valence-corrected chi connectivity index (χ2v) is 10.4. The van der Waals surface area contributed by atoms with Crippen molar-refractivity contribution in [3.05, 3.63) is 75.5 Å². The molecule has 0 saturated carbocycles. The van der Waals surface area contributed by atoms with Crippen LogP contribution in [0.5, 0.6) is 0 Å². The van der Waals surface area contributed by atoms with Crippen LogP contribution in [0.4, 0.5) is 4.39 Å². The lowest BCUT2D eigenvalue weighted by atomic mass is 9.93. The third-order valence-corrected chi connectivity index (χ3v) is 8.17. The van der Waals surface area contributed by atoms with Crippen molar-refractivity contribution in [2.24, 2.45) is 0 Å². The van der Waals surface area contributed by atoms with E-state index in [1.54, 1.807) is 25.1 Å². The number of carbonyl (C=O) groups is 2. The van der Waals surface area contributed by atoms with E-state index in [9.17, 15) is 14.0 Å². The fourth-order valence-corrected chi connectivity index (χ4v) is 6.36. The summed E-state index contributed by atoms with van der Waals surface area (Å²) in [5, 5.41) is 8.33. The van der Waals surface area contributed by atoms with E-state index in [1.807, 2.05) is 11.0 Å². The molecule has 1 aromatic carbocycles. The summed E-state index contributed by atoms with van der Waals surface area (Å²) in [5.74, 6) is 0.0308. The molecule has 3 radical (unpaired) electrons. The maximum absolute atomic E-state index is 13.7. The van der Waals surface area contributed by atoms with Gasteiger partial charge in [-0.15, -0.1) is 21.5 Å². The fourth-order valence-electron chi connectivity index (χ4n) is 5.17. The Labute approximate surface area is 219 Å². The van der Waals surface area contributed by atoms with Gasteiger partial charge in [0.1, 0.15) is 5.82 Å². The van der Waals surface area contributed by atoms with E-state index in [4.69, 9.17) is 9.40 Å². The zero-order valence-electron chi connectivity index (χ0n) is 19.9. The van der Waals surface area contributed by atoms with Gasteiger partial charge in [0.2, 0.25) is 11.8 Å². The number of fused-ring (bicyclic) bond motifs is 3. The van der Waals surface area contributed by atoms with Crippen LogP contribution in [0.2, 0.25) is 0 Å². The minimum Gasteiger partial charge on any atom is -0.421 e. The van der Waals surface area contributed by atoms with Gasteiger partial charge in [0.05, 0.1) is 33.4 Å². The molecule has 1 saturated heterocycles. The van der Waals surface area contributed by atoms with Crippen LogP contribution < -0.4 is 4.98 Å². The second-order valence-electron chi connectivity index (χ2n) is 9.10. The van der Waals surface area contributed by atoms with Crippen LogP contribution in [-0.4, -0.2) is 48.8 Å². The maximum Gasteiger partial charge on any atom is 0.257 e. The summed E-state index contributed by atoms with van der Waals surface area (Å²) >= 11 is 1.28. The van der Waals surface area contributed by atoms with Crippen LogP contribution in [0.3, 0.4) is 0 Å². The van der Waals surface area contributed by atoms with Gasteiger partial charge in [-0.25, -0.2) is 4.39 Å². The Kier molecular flexibility index (Phi) is 5.96. The molecule has 2 aliphatic heterocycles. The summed E-state index contributed by atoms with van der Waals surface area (Å²) in [6, 6.07) is 9.88. The van der Waals surface area contributed by atoms with Gasteiger partial charge in [-0.05, 0) is 55.5 Å². The normalized spacial score (nSPS) is 16.2. The molecule has 6 rings (SSSR count). The first-order valence-electron chi connectivity index (χ1n) is 11.9. The first-order chi connectivity index (χ1) is 17.9. The molecule has 8 nitrogen and oxygen atoms in total. The Hall–Kier alpha value is -3.70. The molecule has 0 spiro atoms. The molecule has 2 aliphatic rings. The number of thiophene rings is 1. The number of benzene rings is 1. The maximum atomic E-state index is 13.7. The number of nitrogens with one attached hydrogen (secondary N) is 1. The van der Waals surface area contributed by atoms with Crippen molar-refractivity contribution >= 4 is 33.6 Å². The highest BCUT2D eigenvalue weighted by Crippen LogP contribution is 2.49. The standard InChI is InChI=1S/C26H21FN5O3SSi/c1-13-29-30-25(35-13)20-16(9-6-14-4-7-15(27)8-5-14)28-23-17-3-2-12-32(17)26(34)22(23)21(20)18-10-11-19(36-18)24(33)31-37/h4-5,7-8,10-11,17H,2-3,6,9,12H2,1H3,(H,31,33)/t17-/m0/s1. The van der Waals surface area contributed by atoms with Crippen molar-refractivity contribution in [2.45, 2.75) is 38.6 Å². The van der Waals surface area contributed by atoms with Crippen molar-refractivity contribution in [3.8, 4) is 21.9 Å². The number of aromatic nitrogens is 3. The lowest BCUT2D eigenvalue weighted by Crippen LogP contribution is -2.22. The summed E-state index contributed by atoms with van der Waals surface area (Å²) < 4.78 is 19.4. The highest BCUT2D eigenvalue weighted by molar-refractivity contribution is 7.17. The van der Waals surface area contributed by atoms with Gasteiger partial charge in [-0.2, -0.15) is 0 Å². The quantitative estimate of drug-likeness (QED) is 0.375. The summed E-state index contributed by atoms with van der Waals surface area (Å²) in [6.07, 6.45) is 2.90. The minimum absolute atomic E-state index is 0.0675. The summed E-state index contributed by atoms with van der Waals surface area (Å²) in [7, 11) is 3.05. The number of amides is 2. The Morgan fingerprint density at radius 1 is 1.16 bits per heavy atom. The van der Waals surface area contributed by atoms with Crippen LogP contribution in [0, 0.1) is 12.7 Å². The molecule has 1 atom stereocenters.